The van der Waals surface area contributed by atoms with Crippen LogP contribution in [0.3, 0.4) is 0 Å². The number of rotatable bonds is 2. The Labute approximate surface area is 125 Å². The van der Waals surface area contributed by atoms with Gasteiger partial charge in [-0.15, -0.1) is 11.3 Å². The minimum absolute atomic E-state index is 0.0768. The Balaban J connectivity index is 2.21. The third-order valence-corrected chi connectivity index (χ3v) is 4.93. The van der Waals surface area contributed by atoms with Gasteiger partial charge in [-0.05, 0) is 51.2 Å². The summed E-state index contributed by atoms with van der Waals surface area (Å²) in [5, 5.41) is 1.04. The molecule has 0 aliphatic rings. The van der Waals surface area contributed by atoms with Crippen molar-refractivity contribution in [2.75, 3.05) is 0 Å². The summed E-state index contributed by atoms with van der Waals surface area (Å²) in [5.74, 6) is -0.265. The second-order valence-electron chi connectivity index (χ2n) is 4.82. The Morgan fingerprint density at radius 1 is 1.40 bits per heavy atom. The largest absolute Gasteiger partial charge is 0.330 e. The van der Waals surface area contributed by atoms with Gasteiger partial charge < -0.3 is 9.55 Å². The molecule has 0 aliphatic heterocycles. The molecule has 0 amide bonds. The Kier molecular flexibility index (Phi) is 3.22. The summed E-state index contributed by atoms with van der Waals surface area (Å²) in [4.78, 5) is 8.72. The van der Waals surface area contributed by atoms with Crippen molar-refractivity contribution in [3.8, 4) is 0 Å². The lowest BCUT2D eigenvalue weighted by Crippen LogP contribution is -2.06. The highest BCUT2D eigenvalue weighted by atomic mass is 32.1. The van der Waals surface area contributed by atoms with E-state index in [-0.39, 0.29) is 11.9 Å². The number of thiazole rings is 1. The fourth-order valence-corrected chi connectivity index (χ4v) is 3.88. The van der Waals surface area contributed by atoms with Crippen molar-refractivity contribution >= 4 is 34.6 Å². The second-order valence-corrected chi connectivity index (χ2v) is 6.44. The molecule has 1 aromatic carbocycles. The summed E-state index contributed by atoms with van der Waals surface area (Å²) in [6, 6.07) is 4.77. The predicted molar refractivity (Wildman–Crippen MR) is 82.5 cm³/mol. The van der Waals surface area contributed by atoms with Crippen LogP contribution < -0.4 is 0 Å². The van der Waals surface area contributed by atoms with Gasteiger partial charge in [-0.3, -0.25) is 0 Å². The molecule has 0 bridgehead atoms. The van der Waals surface area contributed by atoms with Gasteiger partial charge in [0.2, 0.25) is 0 Å². The number of aromatic amines is 1. The van der Waals surface area contributed by atoms with Crippen LogP contribution in [0.25, 0.3) is 11.0 Å². The van der Waals surface area contributed by atoms with Gasteiger partial charge in [0.1, 0.15) is 5.82 Å². The highest BCUT2D eigenvalue weighted by molar-refractivity contribution is 7.71. The maximum atomic E-state index is 13.3. The Bertz CT molecular complexity index is 844. The Hall–Kier alpha value is -1.53. The molecule has 0 spiro atoms. The predicted octanol–water partition coefficient (Wildman–Crippen LogP) is 4.52. The first kappa shape index (κ1) is 13.5. The number of imidazole rings is 1. The van der Waals surface area contributed by atoms with Crippen molar-refractivity contribution in [2.45, 2.75) is 26.8 Å². The maximum absolute atomic E-state index is 13.3. The molecular formula is C14H14FN3S2. The summed E-state index contributed by atoms with van der Waals surface area (Å²) in [7, 11) is 0. The zero-order chi connectivity index (χ0) is 14.4. The van der Waals surface area contributed by atoms with E-state index in [1.807, 2.05) is 18.4 Å². The van der Waals surface area contributed by atoms with Crippen LogP contribution in [0.5, 0.6) is 0 Å². The normalized spacial score (nSPS) is 13.0. The number of H-pyrrole nitrogens is 1. The lowest BCUT2D eigenvalue weighted by atomic mass is 10.2. The van der Waals surface area contributed by atoms with Crippen molar-refractivity contribution in [3.05, 3.63) is 44.4 Å². The maximum Gasteiger partial charge on any atom is 0.178 e. The number of aryl methyl sites for hydroxylation is 2. The van der Waals surface area contributed by atoms with Gasteiger partial charge in [0.25, 0.3) is 0 Å². The molecule has 3 rings (SSSR count). The lowest BCUT2D eigenvalue weighted by Gasteiger charge is -2.13. The highest BCUT2D eigenvalue weighted by Crippen LogP contribution is 2.30. The third-order valence-electron chi connectivity index (χ3n) is 3.38. The SMILES string of the molecule is Cc1nc(C)c(C(C)n2c(=S)[nH]c3cc(F)ccc32)s1. The van der Waals surface area contributed by atoms with E-state index >= 15 is 0 Å². The van der Waals surface area contributed by atoms with Gasteiger partial charge in [0.15, 0.2) is 4.77 Å². The fourth-order valence-electron chi connectivity index (χ4n) is 2.54. The molecule has 0 radical (unpaired) electrons. The van der Waals surface area contributed by atoms with Crippen LogP contribution in [0.2, 0.25) is 0 Å². The van der Waals surface area contributed by atoms with Crippen molar-refractivity contribution in [3.63, 3.8) is 0 Å². The first-order valence-electron chi connectivity index (χ1n) is 6.31. The zero-order valence-electron chi connectivity index (χ0n) is 11.4. The Morgan fingerprint density at radius 3 is 2.80 bits per heavy atom. The van der Waals surface area contributed by atoms with Crippen LogP contribution in [0.1, 0.15) is 28.5 Å². The average molecular weight is 307 g/mol. The van der Waals surface area contributed by atoms with Crippen molar-refractivity contribution in [1.29, 1.82) is 0 Å². The lowest BCUT2D eigenvalue weighted by molar-refractivity contribution is 0.628. The van der Waals surface area contributed by atoms with E-state index in [9.17, 15) is 4.39 Å². The van der Waals surface area contributed by atoms with E-state index in [4.69, 9.17) is 12.2 Å². The van der Waals surface area contributed by atoms with Crippen molar-refractivity contribution in [1.82, 2.24) is 14.5 Å². The molecule has 0 saturated heterocycles. The molecule has 0 fully saturated rings. The van der Waals surface area contributed by atoms with E-state index in [1.165, 1.54) is 17.0 Å². The molecule has 1 atom stereocenters. The number of halogens is 1. The van der Waals surface area contributed by atoms with E-state index in [0.29, 0.717) is 4.77 Å². The summed E-state index contributed by atoms with van der Waals surface area (Å²) in [6.45, 7) is 6.09. The average Bonchev–Trinajstić information content (AvgIpc) is 2.87. The molecule has 6 heteroatoms. The highest BCUT2D eigenvalue weighted by Gasteiger charge is 2.18. The van der Waals surface area contributed by atoms with Gasteiger partial charge in [-0.2, -0.15) is 0 Å². The van der Waals surface area contributed by atoms with Crippen LogP contribution >= 0.6 is 23.6 Å². The van der Waals surface area contributed by atoms with Gasteiger partial charge in [-0.25, -0.2) is 9.37 Å². The van der Waals surface area contributed by atoms with E-state index < -0.39 is 0 Å². The summed E-state index contributed by atoms with van der Waals surface area (Å²) in [6.07, 6.45) is 0. The van der Waals surface area contributed by atoms with Crippen LogP contribution in [0, 0.1) is 24.4 Å². The first-order chi connectivity index (χ1) is 9.47. The molecule has 1 unspecified atom stereocenters. The number of hydrogen-bond acceptors (Lipinski definition) is 3. The summed E-state index contributed by atoms with van der Waals surface area (Å²) >= 11 is 7.07. The molecule has 104 valence electrons. The van der Waals surface area contributed by atoms with Crippen LogP contribution in [-0.2, 0) is 0 Å². The Morgan fingerprint density at radius 2 is 2.15 bits per heavy atom. The first-order valence-corrected chi connectivity index (χ1v) is 7.53. The molecule has 2 aromatic heterocycles. The molecule has 3 aromatic rings. The molecular weight excluding hydrogens is 293 g/mol. The molecule has 20 heavy (non-hydrogen) atoms. The van der Waals surface area contributed by atoms with Crippen LogP contribution in [0.15, 0.2) is 18.2 Å². The number of nitrogens with zero attached hydrogens (tertiary/aromatic N) is 2. The minimum Gasteiger partial charge on any atom is -0.330 e. The van der Waals surface area contributed by atoms with Gasteiger partial charge >= 0.3 is 0 Å². The molecule has 2 heterocycles. The van der Waals surface area contributed by atoms with Gasteiger partial charge in [0.05, 0.1) is 32.7 Å². The van der Waals surface area contributed by atoms with Crippen molar-refractivity contribution in [2.24, 2.45) is 0 Å². The number of benzene rings is 1. The van der Waals surface area contributed by atoms with E-state index in [0.717, 1.165) is 21.7 Å². The number of aromatic nitrogens is 3. The zero-order valence-corrected chi connectivity index (χ0v) is 13.0. The van der Waals surface area contributed by atoms with E-state index in [1.54, 1.807) is 17.4 Å². The summed E-state index contributed by atoms with van der Waals surface area (Å²) in [5.41, 5.74) is 2.66. The fraction of sp³-hybridized carbons (Fsp3) is 0.286. The smallest absolute Gasteiger partial charge is 0.178 e. The quantitative estimate of drug-likeness (QED) is 0.706. The standard InChI is InChI=1S/C14H14FN3S2/c1-7-13(20-9(3)16-7)8(2)18-12-5-4-10(15)6-11(12)17-14(18)19/h4-6,8H,1-3H3,(H,17,19). The van der Waals surface area contributed by atoms with Crippen LogP contribution in [0.4, 0.5) is 4.39 Å². The number of hydrogen-bond donors (Lipinski definition) is 1. The molecule has 0 saturated carbocycles. The number of fused-ring (bicyclic) bond motifs is 1. The topological polar surface area (TPSA) is 33.6 Å². The number of nitrogens with one attached hydrogen (secondary N) is 1. The van der Waals surface area contributed by atoms with E-state index in [2.05, 4.69) is 16.9 Å². The third kappa shape index (κ3) is 2.09. The minimum atomic E-state index is -0.265. The van der Waals surface area contributed by atoms with Gasteiger partial charge in [0, 0.05) is 0 Å². The molecule has 0 aliphatic carbocycles. The molecule has 1 N–H and O–H groups in total. The van der Waals surface area contributed by atoms with Gasteiger partial charge in [-0.1, -0.05) is 0 Å². The molecule has 3 nitrogen and oxygen atoms in total. The summed E-state index contributed by atoms with van der Waals surface area (Å²) < 4.78 is 15.9. The van der Waals surface area contributed by atoms with Crippen LogP contribution in [-0.4, -0.2) is 14.5 Å². The second kappa shape index (κ2) is 4.79. The monoisotopic (exact) mass is 307 g/mol. The van der Waals surface area contributed by atoms with Crippen molar-refractivity contribution < 1.29 is 4.39 Å².